The van der Waals surface area contributed by atoms with Crippen molar-refractivity contribution in [3.05, 3.63) is 0 Å². The van der Waals surface area contributed by atoms with Crippen LogP contribution in [0.15, 0.2) is 0 Å². The molecule has 0 aromatic rings. The topological polar surface area (TPSA) is 57.6 Å². The predicted molar refractivity (Wildman–Crippen MR) is 40.0 cm³/mol. The van der Waals surface area contributed by atoms with Gasteiger partial charge in [0, 0.05) is 0 Å². The minimum atomic E-state index is -0.349. The van der Waals surface area contributed by atoms with E-state index in [1.807, 2.05) is 0 Å². The molecule has 1 aliphatic carbocycles. The smallest absolute Gasteiger partial charge is 0.233 e. The lowest BCUT2D eigenvalue weighted by molar-refractivity contribution is -0.144. The molecule has 66 valence electrons. The van der Waals surface area contributed by atoms with Crippen LogP contribution in [-0.2, 0) is 9.59 Å². The maximum absolute atomic E-state index is 11.4. The van der Waals surface area contributed by atoms with Gasteiger partial charge in [-0.25, -0.2) is 0 Å². The molecule has 2 aliphatic rings. The molecular formula is C8H11NO3. The van der Waals surface area contributed by atoms with Crippen LogP contribution in [0.1, 0.15) is 13.3 Å². The number of hydrogen-bond acceptors (Lipinski definition) is 3. The van der Waals surface area contributed by atoms with Crippen molar-refractivity contribution in [1.82, 2.24) is 4.90 Å². The van der Waals surface area contributed by atoms with E-state index >= 15 is 0 Å². The molecule has 0 spiro atoms. The second-order valence-corrected chi connectivity index (χ2v) is 3.53. The molecule has 1 saturated heterocycles. The van der Waals surface area contributed by atoms with E-state index in [0.717, 1.165) is 6.42 Å². The highest BCUT2D eigenvalue weighted by Crippen LogP contribution is 2.47. The van der Waals surface area contributed by atoms with Gasteiger partial charge in [-0.2, -0.15) is 0 Å². The third kappa shape index (κ3) is 0.813. The number of aliphatic hydroxyl groups excluding tert-OH is 1. The summed E-state index contributed by atoms with van der Waals surface area (Å²) in [7, 11) is 0. The summed E-state index contributed by atoms with van der Waals surface area (Å²) >= 11 is 0. The van der Waals surface area contributed by atoms with Crippen LogP contribution in [0.4, 0.5) is 0 Å². The number of likely N-dealkylation sites (tertiary alicyclic amines) is 1. The third-order valence-corrected chi connectivity index (χ3v) is 2.60. The molecule has 0 bridgehead atoms. The summed E-state index contributed by atoms with van der Waals surface area (Å²) in [4.78, 5) is 23.9. The Morgan fingerprint density at radius 3 is 2.42 bits per heavy atom. The summed E-state index contributed by atoms with van der Waals surface area (Å²) in [5.74, 6) is -0.281. The number of carbonyl (C=O) groups excluding carboxylic acids is 2. The Labute approximate surface area is 70.2 Å². The maximum atomic E-state index is 11.4. The largest absolute Gasteiger partial charge is 0.394 e. The van der Waals surface area contributed by atoms with Crippen LogP contribution >= 0.6 is 0 Å². The molecule has 0 radical (unpaired) electrons. The second kappa shape index (κ2) is 2.29. The summed E-state index contributed by atoms with van der Waals surface area (Å²) in [6.07, 6.45) is 0.728. The van der Waals surface area contributed by atoms with Gasteiger partial charge >= 0.3 is 0 Å². The van der Waals surface area contributed by atoms with E-state index in [0.29, 0.717) is 0 Å². The number of hydrogen-bond donors (Lipinski definition) is 1. The molecule has 1 saturated carbocycles. The van der Waals surface area contributed by atoms with Crippen molar-refractivity contribution in [1.29, 1.82) is 0 Å². The molecule has 3 atom stereocenters. The first-order valence-corrected chi connectivity index (χ1v) is 4.14. The quantitative estimate of drug-likeness (QED) is 0.560. The summed E-state index contributed by atoms with van der Waals surface area (Å²) in [5.41, 5.74) is 0. The number of carbonyl (C=O) groups is 2. The Bertz CT molecular complexity index is 231. The standard InChI is InChI=1S/C8H11NO3/c1-4(3-10)9-7(11)5-2-6(5)8(9)12/h4-6,10H,2-3H2,1H3/t4-,5?,6?/m1/s1. The van der Waals surface area contributed by atoms with Gasteiger partial charge in [0.25, 0.3) is 0 Å². The molecule has 0 aromatic carbocycles. The van der Waals surface area contributed by atoms with Crippen LogP contribution in [-0.4, -0.2) is 34.5 Å². The van der Waals surface area contributed by atoms with E-state index in [4.69, 9.17) is 5.11 Å². The Hall–Kier alpha value is -0.900. The van der Waals surface area contributed by atoms with E-state index in [1.54, 1.807) is 6.92 Å². The molecule has 2 unspecified atom stereocenters. The highest BCUT2D eigenvalue weighted by Gasteiger charge is 2.59. The molecule has 2 rings (SSSR count). The Morgan fingerprint density at radius 1 is 1.50 bits per heavy atom. The Kier molecular flexibility index (Phi) is 1.48. The second-order valence-electron chi connectivity index (χ2n) is 3.53. The summed E-state index contributed by atoms with van der Waals surface area (Å²) in [6.45, 7) is 1.54. The fourth-order valence-corrected chi connectivity index (χ4v) is 1.72. The van der Waals surface area contributed by atoms with Crippen molar-refractivity contribution in [2.75, 3.05) is 6.61 Å². The van der Waals surface area contributed by atoms with E-state index in [-0.39, 0.29) is 36.3 Å². The third-order valence-electron chi connectivity index (χ3n) is 2.60. The van der Waals surface area contributed by atoms with Crippen molar-refractivity contribution >= 4 is 11.8 Å². The summed E-state index contributed by atoms with van der Waals surface area (Å²) < 4.78 is 0. The van der Waals surface area contributed by atoms with Crippen LogP contribution in [0.5, 0.6) is 0 Å². The zero-order valence-electron chi connectivity index (χ0n) is 6.86. The molecular weight excluding hydrogens is 158 g/mol. The van der Waals surface area contributed by atoms with E-state index in [1.165, 1.54) is 4.90 Å². The first-order valence-electron chi connectivity index (χ1n) is 4.14. The fourth-order valence-electron chi connectivity index (χ4n) is 1.72. The molecule has 0 aromatic heterocycles. The van der Waals surface area contributed by atoms with Crippen molar-refractivity contribution < 1.29 is 14.7 Å². The summed E-state index contributed by atoms with van der Waals surface area (Å²) in [6, 6.07) is -0.349. The highest BCUT2D eigenvalue weighted by molar-refractivity contribution is 6.09. The molecule has 1 N–H and O–H groups in total. The monoisotopic (exact) mass is 169 g/mol. The van der Waals surface area contributed by atoms with Gasteiger partial charge in [0.1, 0.15) is 0 Å². The highest BCUT2D eigenvalue weighted by atomic mass is 16.3. The number of rotatable bonds is 2. The average Bonchev–Trinajstić information content (AvgIpc) is 2.78. The number of nitrogens with zero attached hydrogens (tertiary/aromatic N) is 1. The lowest BCUT2D eigenvalue weighted by atomic mass is 10.3. The van der Waals surface area contributed by atoms with E-state index in [2.05, 4.69) is 0 Å². The Morgan fingerprint density at radius 2 is 2.00 bits per heavy atom. The zero-order chi connectivity index (χ0) is 8.88. The lowest BCUT2D eigenvalue weighted by Crippen LogP contribution is -2.42. The molecule has 2 fully saturated rings. The SMILES string of the molecule is C[C@H](CO)N1C(=O)C2CC2C1=O. The van der Waals surface area contributed by atoms with Gasteiger partial charge in [-0.1, -0.05) is 0 Å². The lowest BCUT2D eigenvalue weighted by Gasteiger charge is -2.21. The van der Waals surface area contributed by atoms with Gasteiger partial charge in [0.2, 0.25) is 11.8 Å². The normalized spacial score (nSPS) is 35.3. The van der Waals surface area contributed by atoms with Gasteiger partial charge < -0.3 is 5.11 Å². The van der Waals surface area contributed by atoms with Crippen LogP contribution in [0.3, 0.4) is 0 Å². The molecule has 4 heteroatoms. The number of aliphatic hydroxyl groups is 1. The number of fused-ring (bicyclic) bond motifs is 1. The van der Waals surface area contributed by atoms with Gasteiger partial charge in [-0.05, 0) is 13.3 Å². The van der Waals surface area contributed by atoms with Crippen LogP contribution in [0, 0.1) is 11.8 Å². The fraction of sp³-hybridized carbons (Fsp3) is 0.750. The number of amides is 2. The molecule has 1 aliphatic heterocycles. The molecule has 2 amide bonds. The number of imide groups is 1. The van der Waals surface area contributed by atoms with Gasteiger partial charge in [-0.3, -0.25) is 14.5 Å². The first kappa shape index (κ1) is 7.73. The van der Waals surface area contributed by atoms with Crippen molar-refractivity contribution in [2.45, 2.75) is 19.4 Å². The van der Waals surface area contributed by atoms with Crippen molar-refractivity contribution in [3.63, 3.8) is 0 Å². The number of piperidine rings is 1. The molecule has 4 nitrogen and oxygen atoms in total. The van der Waals surface area contributed by atoms with E-state index in [9.17, 15) is 9.59 Å². The molecule has 12 heavy (non-hydrogen) atoms. The van der Waals surface area contributed by atoms with Gasteiger partial charge in [0.05, 0.1) is 24.5 Å². The minimum absolute atomic E-state index is 0.0495. The Balaban J connectivity index is 2.16. The summed E-state index contributed by atoms with van der Waals surface area (Å²) in [5, 5.41) is 8.79. The van der Waals surface area contributed by atoms with Gasteiger partial charge in [-0.15, -0.1) is 0 Å². The van der Waals surface area contributed by atoms with Crippen LogP contribution in [0.25, 0.3) is 0 Å². The van der Waals surface area contributed by atoms with Crippen LogP contribution in [0.2, 0.25) is 0 Å². The predicted octanol–water partition coefficient (Wildman–Crippen LogP) is -0.628. The van der Waals surface area contributed by atoms with E-state index < -0.39 is 0 Å². The average molecular weight is 169 g/mol. The van der Waals surface area contributed by atoms with Crippen LogP contribution < -0.4 is 0 Å². The minimum Gasteiger partial charge on any atom is -0.394 e. The first-order chi connectivity index (χ1) is 5.66. The van der Waals surface area contributed by atoms with Gasteiger partial charge in [0.15, 0.2) is 0 Å². The maximum Gasteiger partial charge on any atom is 0.233 e. The van der Waals surface area contributed by atoms with Crippen molar-refractivity contribution in [3.8, 4) is 0 Å². The molecule has 1 heterocycles. The van der Waals surface area contributed by atoms with Crippen molar-refractivity contribution in [2.24, 2.45) is 11.8 Å². The zero-order valence-corrected chi connectivity index (χ0v) is 6.86.